The molecule has 0 radical (unpaired) electrons. The Hall–Kier alpha value is -3.09. The first kappa shape index (κ1) is 21.6. The number of halogens is 3. The summed E-state index contributed by atoms with van der Waals surface area (Å²) in [5.74, 6) is -1.77. The van der Waals surface area contributed by atoms with Gasteiger partial charge in [0.25, 0.3) is 5.91 Å². The smallest absolute Gasteiger partial charge is 0.335 e. The van der Waals surface area contributed by atoms with E-state index in [9.17, 15) is 14.0 Å². The summed E-state index contributed by atoms with van der Waals surface area (Å²) in [6.45, 7) is 1.76. The number of benzene rings is 3. The highest BCUT2D eigenvalue weighted by Gasteiger charge is 2.18. The topological polar surface area (TPSA) is 75.6 Å². The first-order chi connectivity index (χ1) is 14.2. The van der Waals surface area contributed by atoms with Gasteiger partial charge in [-0.15, -0.1) is 0 Å². The third-order valence-electron chi connectivity index (χ3n) is 4.26. The summed E-state index contributed by atoms with van der Waals surface area (Å²) in [5, 5.41) is 12.3. The normalized spacial score (nSPS) is 11.6. The van der Waals surface area contributed by atoms with Gasteiger partial charge in [0.1, 0.15) is 17.3 Å². The summed E-state index contributed by atoms with van der Waals surface area (Å²) in [7, 11) is 0. The molecule has 0 saturated heterocycles. The molecule has 0 heterocycles. The van der Waals surface area contributed by atoms with Gasteiger partial charge in [-0.2, -0.15) is 0 Å². The molecule has 0 aromatic heterocycles. The highest BCUT2D eigenvalue weighted by atomic mass is 35.5. The number of nitrogens with one attached hydrogen (secondary N) is 1. The van der Waals surface area contributed by atoms with Gasteiger partial charge >= 0.3 is 5.97 Å². The van der Waals surface area contributed by atoms with Crippen LogP contribution in [0.3, 0.4) is 0 Å². The lowest BCUT2D eigenvalue weighted by atomic mass is 10.1. The van der Waals surface area contributed by atoms with Gasteiger partial charge in [0, 0.05) is 16.1 Å². The van der Waals surface area contributed by atoms with Crippen molar-refractivity contribution in [3.63, 3.8) is 0 Å². The van der Waals surface area contributed by atoms with Crippen LogP contribution < -0.4 is 10.1 Å². The molecule has 154 valence electrons. The molecule has 3 rings (SSSR count). The predicted octanol–water partition coefficient (Wildman–Crippen LogP) is 6.11. The van der Waals surface area contributed by atoms with Crippen molar-refractivity contribution in [1.82, 2.24) is 5.32 Å². The molecule has 1 amide bonds. The maximum absolute atomic E-state index is 13.6. The molecule has 0 aliphatic rings. The third-order valence-corrected chi connectivity index (χ3v) is 4.71. The maximum Gasteiger partial charge on any atom is 0.335 e. The fraction of sp³-hybridized carbons (Fsp3) is 0.0909. The van der Waals surface area contributed by atoms with Crippen LogP contribution in [-0.2, 0) is 0 Å². The number of hydrogen-bond acceptors (Lipinski definition) is 3. The molecular weight excluding hydrogens is 432 g/mol. The Labute approximate surface area is 182 Å². The number of carboxylic acid groups (broad SMARTS) is 1. The van der Waals surface area contributed by atoms with Gasteiger partial charge in [0.05, 0.1) is 17.2 Å². The van der Waals surface area contributed by atoms with E-state index < -0.39 is 23.7 Å². The predicted molar refractivity (Wildman–Crippen MR) is 112 cm³/mol. The van der Waals surface area contributed by atoms with Crippen molar-refractivity contribution < 1.29 is 23.8 Å². The molecule has 0 saturated carbocycles. The number of rotatable bonds is 6. The summed E-state index contributed by atoms with van der Waals surface area (Å²) in [4.78, 5) is 23.8. The van der Waals surface area contributed by atoms with Gasteiger partial charge in [0.2, 0.25) is 0 Å². The number of carbonyl (C=O) groups is 2. The molecule has 0 aliphatic heterocycles. The SMILES string of the molecule is CC(NC(=O)c1cc(Cl)ccc1Oc1cc(F)cc(Cl)c1)c1ccc(C(=O)O)cc1. The summed E-state index contributed by atoms with van der Waals surface area (Å²) < 4.78 is 19.3. The lowest BCUT2D eigenvalue weighted by Crippen LogP contribution is -2.27. The fourth-order valence-electron chi connectivity index (χ4n) is 2.76. The minimum atomic E-state index is -1.03. The fourth-order valence-corrected chi connectivity index (χ4v) is 3.14. The average molecular weight is 448 g/mol. The highest BCUT2D eigenvalue weighted by Crippen LogP contribution is 2.30. The zero-order valence-corrected chi connectivity index (χ0v) is 17.2. The molecule has 1 unspecified atom stereocenters. The van der Waals surface area contributed by atoms with Crippen LogP contribution in [0, 0.1) is 5.82 Å². The molecule has 3 aromatic carbocycles. The van der Waals surface area contributed by atoms with Crippen LogP contribution >= 0.6 is 23.2 Å². The first-order valence-corrected chi connectivity index (χ1v) is 9.56. The molecule has 0 bridgehead atoms. The Morgan fingerprint density at radius 1 is 1.00 bits per heavy atom. The lowest BCUT2D eigenvalue weighted by Gasteiger charge is -2.17. The van der Waals surface area contributed by atoms with Crippen LogP contribution in [0.5, 0.6) is 11.5 Å². The van der Waals surface area contributed by atoms with Crippen molar-refractivity contribution in [2.24, 2.45) is 0 Å². The van der Waals surface area contributed by atoms with Gasteiger partial charge in [-0.3, -0.25) is 4.79 Å². The molecule has 2 N–H and O–H groups in total. The van der Waals surface area contributed by atoms with E-state index in [0.29, 0.717) is 5.02 Å². The van der Waals surface area contributed by atoms with Crippen LogP contribution in [0.15, 0.2) is 60.7 Å². The highest BCUT2D eigenvalue weighted by molar-refractivity contribution is 6.31. The zero-order chi connectivity index (χ0) is 21.8. The monoisotopic (exact) mass is 447 g/mol. The van der Waals surface area contributed by atoms with Crippen LogP contribution in [0.1, 0.15) is 39.2 Å². The molecule has 5 nitrogen and oxygen atoms in total. The van der Waals surface area contributed by atoms with E-state index in [1.807, 2.05) is 0 Å². The minimum Gasteiger partial charge on any atom is -0.478 e. The number of amides is 1. The van der Waals surface area contributed by atoms with E-state index in [4.69, 9.17) is 33.0 Å². The Bertz CT molecular complexity index is 1080. The summed E-state index contributed by atoms with van der Waals surface area (Å²) in [6, 6.07) is 13.9. The standard InChI is InChI=1S/C22H16Cl2FNO4/c1-12(13-2-4-14(5-3-13)22(28)29)26-21(27)19-10-15(23)6-7-20(19)30-18-9-16(24)8-17(25)11-18/h2-12H,1H3,(H,26,27)(H,28,29). The molecular formula is C22H16Cl2FNO4. The first-order valence-electron chi connectivity index (χ1n) is 8.80. The molecule has 3 aromatic rings. The quantitative estimate of drug-likeness (QED) is 0.477. The summed E-state index contributed by atoms with van der Waals surface area (Å²) in [6.07, 6.45) is 0. The lowest BCUT2D eigenvalue weighted by molar-refractivity contribution is 0.0696. The molecule has 1 atom stereocenters. The number of aromatic carboxylic acids is 1. The van der Waals surface area contributed by atoms with Crippen molar-refractivity contribution in [3.8, 4) is 11.5 Å². The van der Waals surface area contributed by atoms with Crippen molar-refractivity contribution in [2.45, 2.75) is 13.0 Å². The Morgan fingerprint density at radius 3 is 2.33 bits per heavy atom. The van der Waals surface area contributed by atoms with E-state index in [1.54, 1.807) is 25.1 Å². The molecule has 0 aliphatic carbocycles. The summed E-state index contributed by atoms with van der Waals surface area (Å²) in [5.41, 5.74) is 1.02. The van der Waals surface area contributed by atoms with Gasteiger partial charge in [-0.05, 0) is 55.0 Å². The van der Waals surface area contributed by atoms with Crippen LogP contribution in [0.2, 0.25) is 10.0 Å². The van der Waals surface area contributed by atoms with E-state index in [2.05, 4.69) is 5.32 Å². The van der Waals surface area contributed by atoms with Crippen LogP contribution in [0.4, 0.5) is 4.39 Å². The molecule has 30 heavy (non-hydrogen) atoms. The second-order valence-electron chi connectivity index (χ2n) is 6.47. The van der Waals surface area contributed by atoms with Gasteiger partial charge in [0.15, 0.2) is 0 Å². The van der Waals surface area contributed by atoms with E-state index in [0.717, 1.165) is 17.7 Å². The van der Waals surface area contributed by atoms with Crippen LogP contribution in [-0.4, -0.2) is 17.0 Å². The third kappa shape index (κ3) is 5.28. The van der Waals surface area contributed by atoms with Crippen molar-refractivity contribution >= 4 is 35.1 Å². The second-order valence-corrected chi connectivity index (χ2v) is 7.34. The number of hydrogen-bond donors (Lipinski definition) is 2. The van der Waals surface area contributed by atoms with E-state index in [1.165, 1.54) is 30.3 Å². The van der Waals surface area contributed by atoms with Crippen LogP contribution in [0.25, 0.3) is 0 Å². The van der Waals surface area contributed by atoms with Crippen molar-refractivity contribution in [3.05, 3.63) is 93.2 Å². The second kappa shape index (κ2) is 9.15. The minimum absolute atomic E-state index is 0.133. The van der Waals surface area contributed by atoms with Gasteiger partial charge in [-0.25, -0.2) is 9.18 Å². The maximum atomic E-state index is 13.6. The van der Waals surface area contributed by atoms with Gasteiger partial charge < -0.3 is 15.2 Å². The Morgan fingerprint density at radius 2 is 1.70 bits per heavy atom. The molecule has 0 fully saturated rings. The Balaban J connectivity index is 1.82. The van der Waals surface area contributed by atoms with E-state index >= 15 is 0 Å². The number of ether oxygens (including phenoxy) is 1. The van der Waals surface area contributed by atoms with Gasteiger partial charge in [-0.1, -0.05) is 35.3 Å². The van der Waals surface area contributed by atoms with E-state index in [-0.39, 0.29) is 27.6 Å². The zero-order valence-electron chi connectivity index (χ0n) is 15.7. The number of carboxylic acids is 1. The van der Waals surface area contributed by atoms with Crippen molar-refractivity contribution in [2.75, 3.05) is 0 Å². The Kier molecular flexibility index (Phi) is 6.59. The molecule has 0 spiro atoms. The number of carbonyl (C=O) groups excluding carboxylic acids is 1. The molecule has 8 heteroatoms. The largest absolute Gasteiger partial charge is 0.478 e. The van der Waals surface area contributed by atoms with Crippen molar-refractivity contribution in [1.29, 1.82) is 0 Å². The average Bonchev–Trinajstić information content (AvgIpc) is 2.68. The summed E-state index contributed by atoms with van der Waals surface area (Å²) >= 11 is 11.9.